The maximum Gasteiger partial charge on any atom is 0.312 e. The van der Waals surface area contributed by atoms with Crippen LogP contribution in [0.4, 0.5) is 0 Å². The molecule has 1 heterocycles. The maximum absolute atomic E-state index is 12.4. The van der Waals surface area contributed by atoms with Gasteiger partial charge in [-0.1, -0.05) is 26.2 Å². The largest absolute Gasteiger partial charge is 0.456 e. The average molecular weight is 268 g/mol. The van der Waals surface area contributed by atoms with E-state index in [9.17, 15) is 4.79 Å². The van der Waals surface area contributed by atoms with Crippen molar-refractivity contribution in [2.45, 2.75) is 71.3 Å². The summed E-state index contributed by atoms with van der Waals surface area (Å²) in [6.45, 7) is 7.32. The standard InChI is InChI=1S/C16H28O3/c1-4-15(2,3)14(17)19-16(10-11-18-12-16)13-8-6-5-7-9-13/h13H,4-12H2,1-3H3. The molecule has 0 aromatic heterocycles. The van der Waals surface area contributed by atoms with E-state index < -0.39 is 0 Å². The highest BCUT2D eigenvalue weighted by atomic mass is 16.6. The van der Waals surface area contributed by atoms with Crippen molar-refractivity contribution in [2.24, 2.45) is 11.3 Å². The summed E-state index contributed by atoms with van der Waals surface area (Å²) in [5.74, 6) is 0.450. The van der Waals surface area contributed by atoms with Gasteiger partial charge >= 0.3 is 5.97 Å². The van der Waals surface area contributed by atoms with Gasteiger partial charge in [-0.25, -0.2) is 0 Å². The van der Waals surface area contributed by atoms with Crippen molar-refractivity contribution < 1.29 is 14.3 Å². The Balaban J connectivity index is 2.09. The highest BCUT2D eigenvalue weighted by molar-refractivity contribution is 5.76. The second-order valence-corrected chi connectivity index (χ2v) is 6.83. The zero-order valence-electron chi connectivity index (χ0n) is 12.7. The molecule has 3 nitrogen and oxygen atoms in total. The Labute approximate surface area is 117 Å². The smallest absolute Gasteiger partial charge is 0.312 e. The first-order valence-corrected chi connectivity index (χ1v) is 7.81. The number of ether oxygens (including phenoxy) is 2. The van der Waals surface area contributed by atoms with Crippen LogP contribution in [-0.4, -0.2) is 24.8 Å². The third kappa shape index (κ3) is 3.13. The zero-order valence-corrected chi connectivity index (χ0v) is 12.7. The van der Waals surface area contributed by atoms with Crippen molar-refractivity contribution in [1.29, 1.82) is 0 Å². The summed E-state index contributed by atoms with van der Waals surface area (Å²) in [5, 5.41) is 0. The molecule has 1 aliphatic heterocycles. The number of carbonyl (C=O) groups excluding carboxylic acids is 1. The molecule has 0 amide bonds. The van der Waals surface area contributed by atoms with Crippen LogP contribution >= 0.6 is 0 Å². The van der Waals surface area contributed by atoms with Gasteiger partial charge in [-0.2, -0.15) is 0 Å². The molecule has 3 heteroatoms. The van der Waals surface area contributed by atoms with E-state index in [1.165, 1.54) is 32.1 Å². The topological polar surface area (TPSA) is 35.5 Å². The van der Waals surface area contributed by atoms with E-state index in [0.29, 0.717) is 12.5 Å². The minimum atomic E-state index is -0.385. The van der Waals surface area contributed by atoms with Gasteiger partial charge in [-0.15, -0.1) is 0 Å². The van der Waals surface area contributed by atoms with Gasteiger partial charge in [0.05, 0.1) is 18.6 Å². The molecule has 19 heavy (non-hydrogen) atoms. The van der Waals surface area contributed by atoms with Crippen molar-refractivity contribution in [3.63, 3.8) is 0 Å². The van der Waals surface area contributed by atoms with Gasteiger partial charge in [-0.05, 0) is 33.1 Å². The Morgan fingerprint density at radius 3 is 2.53 bits per heavy atom. The number of hydrogen-bond acceptors (Lipinski definition) is 3. The van der Waals surface area contributed by atoms with Crippen LogP contribution < -0.4 is 0 Å². The molecule has 110 valence electrons. The summed E-state index contributed by atoms with van der Waals surface area (Å²) >= 11 is 0. The molecular weight excluding hydrogens is 240 g/mol. The lowest BCUT2D eigenvalue weighted by atomic mass is 9.76. The summed E-state index contributed by atoms with van der Waals surface area (Å²) < 4.78 is 11.6. The fourth-order valence-corrected chi connectivity index (χ4v) is 3.14. The minimum absolute atomic E-state index is 0.0499. The van der Waals surface area contributed by atoms with Gasteiger partial charge in [-0.3, -0.25) is 4.79 Å². The highest BCUT2D eigenvalue weighted by Gasteiger charge is 2.47. The van der Waals surface area contributed by atoms with Crippen LogP contribution in [0.2, 0.25) is 0 Å². The van der Waals surface area contributed by atoms with Crippen molar-refractivity contribution >= 4 is 5.97 Å². The number of rotatable bonds is 4. The lowest BCUT2D eigenvalue weighted by molar-refractivity contribution is -0.179. The third-order valence-corrected chi connectivity index (χ3v) is 5.10. The lowest BCUT2D eigenvalue weighted by Crippen LogP contribution is -2.46. The molecule has 2 rings (SSSR count). The first-order valence-electron chi connectivity index (χ1n) is 7.81. The third-order valence-electron chi connectivity index (χ3n) is 5.10. The van der Waals surface area contributed by atoms with Gasteiger partial charge in [0.2, 0.25) is 0 Å². The average Bonchev–Trinajstić information content (AvgIpc) is 2.89. The van der Waals surface area contributed by atoms with E-state index in [1.807, 2.05) is 20.8 Å². The molecule has 0 spiro atoms. The van der Waals surface area contributed by atoms with Crippen molar-refractivity contribution in [1.82, 2.24) is 0 Å². The first-order chi connectivity index (χ1) is 9.00. The van der Waals surface area contributed by atoms with Crippen LogP contribution in [-0.2, 0) is 14.3 Å². The summed E-state index contributed by atoms with van der Waals surface area (Å²) in [6.07, 6.45) is 7.91. The Bertz CT molecular complexity index is 310. The van der Waals surface area contributed by atoms with Gasteiger partial charge < -0.3 is 9.47 Å². The summed E-state index contributed by atoms with van der Waals surface area (Å²) in [7, 11) is 0. The molecule has 1 saturated carbocycles. The normalized spacial score (nSPS) is 29.4. The second kappa shape index (κ2) is 5.82. The molecule has 0 aromatic carbocycles. The number of hydrogen-bond donors (Lipinski definition) is 0. The van der Waals surface area contributed by atoms with Crippen LogP contribution in [0.15, 0.2) is 0 Å². The number of esters is 1. The van der Waals surface area contributed by atoms with E-state index in [1.54, 1.807) is 0 Å². The highest BCUT2D eigenvalue weighted by Crippen LogP contribution is 2.41. The van der Waals surface area contributed by atoms with Crippen molar-refractivity contribution in [3.8, 4) is 0 Å². The predicted octanol–water partition coefficient (Wildman–Crippen LogP) is 3.71. The first kappa shape index (κ1) is 14.8. The summed E-state index contributed by atoms with van der Waals surface area (Å²) in [5.41, 5.74) is -0.714. The van der Waals surface area contributed by atoms with Crippen molar-refractivity contribution in [2.75, 3.05) is 13.2 Å². The van der Waals surface area contributed by atoms with E-state index in [0.717, 1.165) is 19.4 Å². The van der Waals surface area contributed by atoms with Gasteiger partial charge in [0.25, 0.3) is 0 Å². The Morgan fingerprint density at radius 2 is 2.00 bits per heavy atom. The van der Waals surface area contributed by atoms with Gasteiger partial charge in [0, 0.05) is 12.3 Å². The molecule has 1 atom stereocenters. The maximum atomic E-state index is 12.4. The van der Waals surface area contributed by atoms with E-state index in [4.69, 9.17) is 9.47 Å². The van der Waals surface area contributed by atoms with Crippen LogP contribution in [0.1, 0.15) is 65.7 Å². The van der Waals surface area contributed by atoms with E-state index in [-0.39, 0.29) is 17.0 Å². The van der Waals surface area contributed by atoms with Crippen LogP contribution in [0.25, 0.3) is 0 Å². The predicted molar refractivity (Wildman–Crippen MR) is 74.9 cm³/mol. The van der Waals surface area contributed by atoms with Crippen LogP contribution in [0, 0.1) is 11.3 Å². The van der Waals surface area contributed by atoms with Crippen molar-refractivity contribution in [3.05, 3.63) is 0 Å². The summed E-state index contributed by atoms with van der Waals surface area (Å²) in [6, 6.07) is 0. The minimum Gasteiger partial charge on any atom is -0.456 e. The summed E-state index contributed by atoms with van der Waals surface area (Å²) in [4.78, 5) is 12.4. The molecule has 1 saturated heterocycles. The molecular formula is C16H28O3. The molecule has 1 aliphatic carbocycles. The molecule has 2 aliphatic rings. The monoisotopic (exact) mass is 268 g/mol. The fraction of sp³-hybridized carbons (Fsp3) is 0.938. The van der Waals surface area contributed by atoms with Crippen LogP contribution in [0.3, 0.4) is 0 Å². The number of carbonyl (C=O) groups is 1. The van der Waals surface area contributed by atoms with Gasteiger partial charge in [0.1, 0.15) is 5.60 Å². The van der Waals surface area contributed by atoms with E-state index in [2.05, 4.69) is 0 Å². The molecule has 2 fully saturated rings. The molecule has 1 unspecified atom stereocenters. The zero-order chi connectivity index (χ0) is 13.9. The van der Waals surface area contributed by atoms with Gasteiger partial charge in [0.15, 0.2) is 0 Å². The Hall–Kier alpha value is -0.570. The second-order valence-electron chi connectivity index (χ2n) is 6.83. The van der Waals surface area contributed by atoms with Crippen LogP contribution in [0.5, 0.6) is 0 Å². The Morgan fingerprint density at radius 1 is 1.32 bits per heavy atom. The SMILES string of the molecule is CCC(C)(C)C(=O)OC1(C2CCCCC2)CCOC1. The molecule has 0 bridgehead atoms. The quantitative estimate of drug-likeness (QED) is 0.729. The molecule has 0 radical (unpaired) electrons. The molecule has 0 aromatic rings. The molecule has 0 N–H and O–H groups in total. The lowest BCUT2D eigenvalue weighted by Gasteiger charge is -2.40. The Kier molecular flexibility index (Phi) is 4.54. The van der Waals surface area contributed by atoms with E-state index >= 15 is 0 Å². The fourth-order valence-electron chi connectivity index (χ4n) is 3.14.